The van der Waals surface area contributed by atoms with Crippen molar-refractivity contribution in [3.05, 3.63) is 30.3 Å². The van der Waals surface area contributed by atoms with E-state index < -0.39 is 0 Å². The number of hydrogen-bond acceptors (Lipinski definition) is 4. The molecule has 1 fully saturated rings. The standard InChI is InChI=1S/C16H23N3O3.ClH/c17-10-13-6-4-5-9-19(13)16(21)11-18-15(20)12-22-14-7-2-1-3-8-14;/h1-3,7-8,13H,4-6,9-12,17H2,(H,18,20);1H. The van der Waals surface area contributed by atoms with Gasteiger partial charge in [0.25, 0.3) is 5.91 Å². The highest BCUT2D eigenvalue weighted by molar-refractivity contribution is 5.86. The number of nitrogens with one attached hydrogen (secondary N) is 1. The average molecular weight is 342 g/mol. The van der Waals surface area contributed by atoms with Crippen molar-refractivity contribution in [2.45, 2.75) is 25.3 Å². The number of likely N-dealkylation sites (tertiary alicyclic amines) is 1. The van der Waals surface area contributed by atoms with Crippen LogP contribution in [-0.4, -0.2) is 49.0 Å². The molecule has 1 aliphatic heterocycles. The van der Waals surface area contributed by atoms with Crippen molar-refractivity contribution in [3.63, 3.8) is 0 Å². The summed E-state index contributed by atoms with van der Waals surface area (Å²) in [5.41, 5.74) is 5.70. The van der Waals surface area contributed by atoms with Crippen LogP contribution in [0.4, 0.5) is 0 Å². The highest BCUT2D eigenvalue weighted by Gasteiger charge is 2.25. The zero-order valence-corrected chi connectivity index (χ0v) is 13.9. The molecule has 0 saturated carbocycles. The molecule has 23 heavy (non-hydrogen) atoms. The van der Waals surface area contributed by atoms with Crippen molar-refractivity contribution in [2.75, 3.05) is 26.2 Å². The van der Waals surface area contributed by atoms with Crippen LogP contribution in [0.1, 0.15) is 19.3 Å². The molecule has 6 nitrogen and oxygen atoms in total. The summed E-state index contributed by atoms with van der Waals surface area (Å²) in [6.07, 6.45) is 3.03. The first-order valence-electron chi connectivity index (χ1n) is 7.65. The Morgan fingerprint density at radius 2 is 2.00 bits per heavy atom. The van der Waals surface area contributed by atoms with Crippen LogP contribution in [0.2, 0.25) is 0 Å². The van der Waals surface area contributed by atoms with Gasteiger partial charge in [0, 0.05) is 19.1 Å². The fourth-order valence-electron chi connectivity index (χ4n) is 2.57. The highest BCUT2D eigenvalue weighted by atomic mass is 35.5. The number of piperidine rings is 1. The molecule has 0 radical (unpaired) electrons. The van der Waals surface area contributed by atoms with Crippen molar-refractivity contribution in [1.29, 1.82) is 0 Å². The van der Waals surface area contributed by atoms with Gasteiger partial charge in [0.1, 0.15) is 5.75 Å². The van der Waals surface area contributed by atoms with Gasteiger partial charge >= 0.3 is 0 Å². The molecule has 3 N–H and O–H groups in total. The summed E-state index contributed by atoms with van der Waals surface area (Å²) in [5, 5.41) is 2.60. The lowest BCUT2D eigenvalue weighted by Gasteiger charge is -2.35. The molecule has 1 saturated heterocycles. The third-order valence-electron chi connectivity index (χ3n) is 3.77. The van der Waals surface area contributed by atoms with E-state index >= 15 is 0 Å². The Morgan fingerprint density at radius 1 is 1.26 bits per heavy atom. The number of carbonyl (C=O) groups excluding carboxylic acids is 2. The first-order chi connectivity index (χ1) is 10.7. The molecule has 0 aliphatic carbocycles. The van der Waals surface area contributed by atoms with E-state index in [2.05, 4.69) is 5.32 Å². The van der Waals surface area contributed by atoms with Crippen LogP contribution in [0.25, 0.3) is 0 Å². The Kier molecular flexibility index (Phi) is 8.43. The molecule has 2 amide bonds. The van der Waals surface area contributed by atoms with Crippen LogP contribution in [0.15, 0.2) is 30.3 Å². The maximum absolute atomic E-state index is 12.2. The van der Waals surface area contributed by atoms with Crippen LogP contribution in [-0.2, 0) is 9.59 Å². The van der Waals surface area contributed by atoms with Gasteiger partial charge in [0.05, 0.1) is 6.54 Å². The molecule has 2 rings (SSSR count). The zero-order chi connectivity index (χ0) is 15.8. The molecular weight excluding hydrogens is 318 g/mol. The Hall–Kier alpha value is -1.79. The number of hydrogen-bond donors (Lipinski definition) is 2. The molecule has 1 aliphatic rings. The first-order valence-corrected chi connectivity index (χ1v) is 7.65. The van der Waals surface area contributed by atoms with Crippen molar-refractivity contribution in [2.24, 2.45) is 5.73 Å². The molecule has 1 unspecified atom stereocenters. The molecule has 0 bridgehead atoms. The minimum atomic E-state index is -0.307. The van der Waals surface area contributed by atoms with Crippen LogP contribution in [0.5, 0.6) is 5.75 Å². The lowest BCUT2D eigenvalue weighted by atomic mass is 10.0. The van der Waals surface area contributed by atoms with Crippen molar-refractivity contribution in [3.8, 4) is 5.75 Å². The number of rotatable bonds is 6. The van der Waals surface area contributed by atoms with E-state index in [1.165, 1.54) is 0 Å². The number of benzene rings is 1. The Labute approximate surface area is 142 Å². The summed E-state index contributed by atoms with van der Waals surface area (Å²) < 4.78 is 5.33. The van der Waals surface area contributed by atoms with Gasteiger partial charge in [-0.25, -0.2) is 0 Å². The van der Waals surface area contributed by atoms with E-state index in [9.17, 15) is 9.59 Å². The maximum atomic E-state index is 12.2. The summed E-state index contributed by atoms with van der Waals surface area (Å²) in [6.45, 7) is 1.08. The van der Waals surface area contributed by atoms with Gasteiger partial charge in [0.15, 0.2) is 6.61 Å². The van der Waals surface area contributed by atoms with Crippen LogP contribution in [0.3, 0.4) is 0 Å². The molecule has 0 spiro atoms. The van der Waals surface area contributed by atoms with E-state index in [-0.39, 0.29) is 43.4 Å². The molecule has 128 valence electrons. The predicted octanol–water partition coefficient (Wildman–Crippen LogP) is 0.943. The molecule has 1 atom stereocenters. The summed E-state index contributed by atoms with van der Waals surface area (Å²) >= 11 is 0. The zero-order valence-electron chi connectivity index (χ0n) is 13.1. The third-order valence-corrected chi connectivity index (χ3v) is 3.77. The third kappa shape index (κ3) is 6.08. The van der Waals surface area contributed by atoms with Gasteiger partial charge < -0.3 is 20.7 Å². The number of ether oxygens (including phenoxy) is 1. The lowest BCUT2D eigenvalue weighted by Crippen LogP contribution is -2.51. The predicted molar refractivity (Wildman–Crippen MR) is 90.6 cm³/mol. The second-order valence-corrected chi connectivity index (χ2v) is 5.35. The molecule has 1 aromatic rings. The smallest absolute Gasteiger partial charge is 0.258 e. The Bertz CT molecular complexity index is 499. The van der Waals surface area contributed by atoms with Gasteiger partial charge in [-0.15, -0.1) is 12.4 Å². The average Bonchev–Trinajstić information content (AvgIpc) is 2.58. The quantitative estimate of drug-likeness (QED) is 0.806. The van der Waals surface area contributed by atoms with Gasteiger partial charge in [-0.05, 0) is 31.4 Å². The van der Waals surface area contributed by atoms with E-state index in [4.69, 9.17) is 10.5 Å². The largest absolute Gasteiger partial charge is 0.484 e. The van der Waals surface area contributed by atoms with E-state index in [0.29, 0.717) is 12.3 Å². The van der Waals surface area contributed by atoms with E-state index in [0.717, 1.165) is 25.8 Å². The second-order valence-electron chi connectivity index (χ2n) is 5.35. The maximum Gasteiger partial charge on any atom is 0.258 e. The number of para-hydroxylation sites is 1. The van der Waals surface area contributed by atoms with Crippen LogP contribution >= 0.6 is 12.4 Å². The number of carbonyl (C=O) groups is 2. The summed E-state index contributed by atoms with van der Waals surface area (Å²) in [5.74, 6) is 0.241. The number of nitrogens with zero attached hydrogens (tertiary/aromatic N) is 1. The van der Waals surface area contributed by atoms with Gasteiger partial charge in [0.2, 0.25) is 5.91 Å². The number of halogens is 1. The Balaban J connectivity index is 0.00000264. The van der Waals surface area contributed by atoms with Crippen molar-refractivity contribution < 1.29 is 14.3 Å². The van der Waals surface area contributed by atoms with Crippen LogP contribution < -0.4 is 15.8 Å². The van der Waals surface area contributed by atoms with E-state index in [1.807, 2.05) is 18.2 Å². The summed E-state index contributed by atoms with van der Waals surface area (Å²) in [6, 6.07) is 9.19. The number of amides is 2. The second kappa shape index (κ2) is 10.1. The number of nitrogens with two attached hydrogens (primary N) is 1. The molecule has 1 aromatic carbocycles. The SMILES string of the molecule is Cl.NCC1CCCCN1C(=O)CNC(=O)COc1ccccc1. The van der Waals surface area contributed by atoms with Crippen molar-refractivity contribution >= 4 is 24.2 Å². The summed E-state index contributed by atoms with van der Waals surface area (Å²) in [4.78, 5) is 25.7. The van der Waals surface area contributed by atoms with Gasteiger partial charge in [-0.2, -0.15) is 0 Å². The Morgan fingerprint density at radius 3 is 2.70 bits per heavy atom. The molecule has 7 heteroatoms. The molecular formula is C16H24ClN3O3. The van der Waals surface area contributed by atoms with Gasteiger partial charge in [-0.3, -0.25) is 9.59 Å². The van der Waals surface area contributed by atoms with E-state index in [1.54, 1.807) is 17.0 Å². The minimum absolute atomic E-state index is 0. The lowest BCUT2D eigenvalue weighted by molar-refractivity contribution is -0.136. The van der Waals surface area contributed by atoms with Crippen LogP contribution in [0, 0.1) is 0 Å². The normalized spacial score (nSPS) is 17.1. The summed E-state index contributed by atoms with van der Waals surface area (Å²) in [7, 11) is 0. The fourth-order valence-corrected chi connectivity index (χ4v) is 2.57. The van der Waals surface area contributed by atoms with Gasteiger partial charge in [-0.1, -0.05) is 18.2 Å². The van der Waals surface area contributed by atoms with Crippen molar-refractivity contribution in [1.82, 2.24) is 10.2 Å². The molecule has 1 heterocycles. The highest BCUT2D eigenvalue weighted by Crippen LogP contribution is 2.15. The fraction of sp³-hybridized carbons (Fsp3) is 0.500. The topological polar surface area (TPSA) is 84.7 Å². The monoisotopic (exact) mass is 341 g/mol. The minimum Gasteiger partial charge on any atom is -0.484 e. The molecule has 0 aromatic heterocycles. The first kappa shape index (κ1) is 19.3.